The van der Waals surface area contributed by atoms with Crippen LogP contribution in [0.5, 0.6) is 0 Å². The van der Waals surface area contributed by atoms with Gasteiger partial charge >= 0.3 is 0 Å². The monoisotopic (exact) mass is 840 g/mol. The number of carbonyl (C=O) groups is 6. The van der Waals surface area contributed by atoms with Gasteiger partial charge in [-0.2, -0.15) is 0 Å². The van der Waals surface area contributed by atoms with Gasteiger partial charge < -0.3 is 40.5 Å². The molecule has 15 heteroatoms. The molecule has 3 aliphatic rings. The summed E-state index contributed by atoms with van der Waals surface area (Å²) in [6.07, 6.45) is 7.63. The maximum absolute atomic E-state index is 14.6. The predicted octanol–water partition coefficient (Wildman–Crippen LogP) is 4.29. The first-order valence-electron chi connectivity index (χ1n) is 22.5. The number of H-pyrrole nitrogens is 1. The molecule has 4 N–H and O–H groups in total. The normalized spacial score (nSPS) is 20.2. The number of likely N-dealkylation sites (N-methyl/N-ethyl adjacent to an activating group) is 2. The van der Waals surface area contributed by atoms with Crippen LogP contribution >= 0.6 is 0 Å². The third-order valence-corrected chi connectivity index (χ3v) is 12.7. The standard InChI is InChI=1S/C46H65N9O6/c1-5-39(56)48-36(45(60)53-26-14-15-27-53)29-52(6-2)40(57)21-12-7-8-13-22-41(58)54-28-25-33-23-24-38(55(33)46(61)37(30-54)50-44(59)31(3)47-4)43-49-35-20-16-19-34(42(35)51-43)32-17-10-9-11-18-32/h9-11,16-20,31,33,36-38,47H,5-8,12-15,21-30H2,1-4H3,(H,48,56)(H,49,51)(H,50,59)/t31?,33?,36-,37?,38?/m0/s1. The average Bonchev–Trinajstić information content (AvgIpc) is 4.06. The number of likely N-dealkylation sites (tertiary alicyclic amines) is 1. The number of amides is 6. The highest BCUT2D eigenvalue weighted by atomic mass is 16.2. The largest absolute Gasteiger partial charge is 0.343 e. The Labute approximate surface area is 359 Å². The number of para-hydroxylation sites is 1. The van der Waals surface area contributed by atoms with Gasteiger partial charge in [0.2, 0.25) is 35.4 Å². The molecular formula is C46H65N9O6. The van der Waals surface area contributed by atoms with Crippen LogP contribution in [0.4, 0.5) is 0 Å². The van der Waals surface area contributed by atoms with E-state index in [0.717, 1.165) is 60.1 Å². The van der Waals surface area contributed by atoms with Crippen molar-refractivity contribution in [2.24, 2.45) is 0 Å². The minimum atomic E-state index is -0.923. The molecule has 6 rings (SSSR count). The zero-order chi connectivity index (χ0) is 43.5. The second-order valence-corrected chi connectivity index (χ2v) is 16.7. The average molecular weight is 840 g/mol. The Morgan fingerprint density at radius 1 is 0.885 bits per heavy atom. The lowest BCUT2D eigenvalue weighted by Crippen LogP contribution is -2.60. The first-order valence-corrected chi connectivity index (χ1v) is 22.5. The number of carbonyl (C=O) groups excluding carboxylic acids is 6. The number of benzene rings is 2. The van der Waals surface area contributed by atoms with Gasteiger partial charge in [0.1, 0.15) is 17.9 Å². The molecule has 3 aromatic rings. The summed E-state index contributed by atoms with van der Waals surface area (Å²) in [4.78, 5) is 96.0. The molecule has 5 atom stereocenters. The summed E-state index contributed by atoms with van der Waals surface area (Å²) < 4.78 is 0. The van der Waals surface area contributed by atoms with Crippen LogP contribution in [-0.2, 0) is 28.8 Å². The van der Waals surface area contributed by atoms with Crippen molar-refractivity contribution in [1.82, 2.24) is 45.5 Å². The predicted molar refractivity (Wildman–Crippen MR) is 234 cm³/mol. The second-order valence-electron chi connectivity index (χ2n) is 16.7. The number of hydrogen-bond acceptors (Lipinski definition) is 8. The third-order valence-electron chi connectivity index (χ3n) is 12.7. The molecule has 0 saturated carbocycles. The molecule has 15 nitrogen and oxygen atoms in total. The van der Waals surface area contributed by atoms with Crippen molar-refractivity contribution in [2.45, 2.75) is 128 Å². The molecule has 4 unspecified atom stereocenters. The van der Waals surface area contributed by atoms with E-state index in [1.807, 2.05) is 42.2 Å². The lowest BCUT2D eigenvalue weighted by atomic mass is 10.0. The molecule has 330 valence electrons. The van der Waals surface area contributed by atoms with E-state index in [9.17, 15) is 28.8 Å². The van der Waals surface area contributed by atoms with Gasteiger partial charge in [-0.15, -0.1) is 0 Å². The van der Waals surface area contributed by atoms with Crippen LogP contribution in [0, 0.1) is 0 Å². The Bertz CT molecular complexity index is 2000. The fraction of sp³-hybridized carbons (Fsp3) is 0.587. The lowest BCUT2D eigenvalue weighted by Gasteiger charge is -2.39. The minimum absolute atomic E-state index is 0.0569. The molecule has 3 aliphatic heterocycles. The number of hydrogen-bond donors (Lipinski definition) is 4. The first-order chi connectivity index (χ1) is 29.5. The van der Waals surface area contributed by atoms with E-state index in [1.165, 1.54) is 0 Å². The van der Waals surface area contributed by atoms with E-state index < -0.39 is 18.1 Å². The molecule has 0 bridgehead atoms. The van der Waals surface area contributed by atoms with E-state index >= 15 is 0 Å². The minimum Gasteiger partial charge on any atom is -0.343 e. The maximum atomic E-state index is 14.6. The van der Waals surface area contributed by atoms with Gasteiger partial charge in [-0.05, 0) is 77.5 Å². The maximum Gasteiger partial charge on any atom is 0.247 e. The molecule has 3 fully saturated rings. The van der Waals surface area contributed by atoms with Crippen LogP contribution in [0.1, 0.15) is 110 Å². The second kappa shape index (κ2) is 21.5. The van der Waals surface area contributed by atoms with E-state index in [-0.39, 0.29) is 67.0 Å². The molecule has 0 radical (unpaired) electrons. The van der Waals surface area contributed by atoms with Crippen LogP contribution in [0.2, 0.25) is 0 Å². The van der Waals surface area contributed by atoms with Crippen molar-refractivity contribution < 1.29 is 28.8 Å². The molecule has 61 heavy (non-hydrogen) atoms. The lowest BCUT2D eigenvalue weighted by molar-refractivity contribution is -0.144. The van der Waals surface area contributed by atoms with E-state index in [1.54, 1.807) is 35.6 Å². The number of imidazole rings is 1. The summed E-state index contributed by atoms with van der Waals surface area (Å²) >= 11 is 0. The summed E-state index contributed by atoms with van der Waals surface area (Å²) in [6, 6.07) is 13.5. The Kier molecular flexibility index (Phi) is 15.9. The topological polar surface area (TPSA) is 180 Å². The summed E-state index contributed by atoms with van der Waals surface area (Å²) in [5.41, 5.74) is 3.85. The van der Waals surface area contributed by atoms with Gasteiger partial charge in [0.15, 0.2) is 0 Å². The van der Waals surface area contributed by atoms with Gasteiger partial charge in [-0.25, -0.2) is 4.98 Å². The van der Waals surface area contributed by atoms with Gasteiger partial charge in [-0.3, -0.25) is 28.8 Å². The Hall–Kier alpha value is -5.31. The van der Waals surface area contributed by atoms with E-state index in [0.29, 0.717) is 64.7 Å². The Morgan fingerprint density at radius 3 is 2.33 bits per heavy atom. The summed E-state index contributed by atoms with van der Waals surface area (Å²) in [5.74, 6) is -0.270. The van der Waals surface area contributed by atoms with E-state index in [4.69, 9.17) is 4.98 Å². The number of unbranched alkanes of at least 4 members (excludes halogenated alkanes) is 3. The van der Waals surface area contributed by atoms with Crippen molar-refractivity contribution in [1.29, 1.82) is 0 Å². The molecular weight excluding hydrogens is 775 g/mol. The van der Waals surface area contributed by atoms with Crippen molar-refractivity contribution in [3.05, 3.63) is 54.4 Å². The molecule has 0 aliphatic carbocycles. The zero-order valence-electron chi connectivity index (χ0n) is 36.4. The fourth-order valence-corrected chi connectivity index (χ4v) is 8.96. The number of aromatic amines is 1. The molecule has 1 aromatic heterocycles. The SMILES string of the molecule is CCC(=O)N[C@@H](CN(CC)C(=O)CCCCCCC(=O)N1CCC2CCC(c3nc4cccc(-c5ccccc5)c4[nH]3)N2C(=O)C(NC(=O)C(C)NC)C1)C(=O)N1CCCC1. The molecule has 4 heterocycles. The number of fused-ring (bicyclic) bond motifs is 2. The third kappa shape index (κ3) is 11.2. The van der Waals surface area contributed by atoms with Crippen LogP contribution < -0.4 is 16.0 Å². The fourth-order valence-electron chi connectivity index (χ4n) is 8.96. The smallest absolute Gasteiger partial charge is 0.247 e. The molecule has 2 aromatic carbocycles. The summed E-state index contributed by atoms with van der Waals surface area (Å²) in [6.45, 7) is 7.82. The highest BCUT2D eigenvalue weighted by molar-refractivity contribution is 5.93. The Balaban J connectivity index is 1.04. The van der Waals surface area contributed by atoms with Crippen LogP contribution in [-0.4, -0.2) is 135 Å². The van der Waals surface area contributed by atoms with Crippen molar-refractivity contribution in [3.63, 3.8) is 0 Å². The van der Waals surface area contributed by atoms with Gasteiger partial charge in [0.25, 0.3) is 0 Å². The van der Waals surface area contributed by atoms with E-state index in [2.05, 4.69) is 39.1 Å². The number of nitrogens with zero attached hydrogens (tertiary/aromatic N) is 5. The van der Waals surface area contributed by atoms with Gasteiger partial charge in [-0.1, -0.05) is 62.2 Å². The highest BCUT2D eigenvalue weighted by Gasteiger charge is 2.44. The van der Waals surface area contributed by atoms with Crippen molar-refractivity contribution >= 4 is 46.5 Å². The van der Waals surface area contributed by atoms with Crippen LogP contribution in [0.15, 0.2) is 48.5 Å². The van der Waals surface area contributed by atoms with Crippen molar-refractivity contribution in [2.75, 3.05) is 46.3 Å². The summed E-state index contributed by atoms with van der Waals surface area (Å²) in [5, 5.41) is 8.76. The number of nitrogens with one attached hydrogen (secondary N) is 4. The molecule has 3 saturated heterocycles. The zero-order valence-corrected chi connectivity index (χ0v) is 36.4. The highest BCUT2D eigenvalue weighted by Crippen LogP contribution is 2.39. The molecule has 0 spiro atoms. The van der Waals surface area contributed by atoms with Crippen LogP contribution in [0.3, 0.4) is 0 Å². The van der Waals surface area contributed by atoms with Crippen LogP contribution in [0.25, 0.3) is 22.2 Å². The van der Waals surface area contributed by atoms with Gasteiger partial charge in [0.05, 0.1) is 23.1 Å². The Morgan fingerprint density at radius 2 is 1.62 bits per heavy atom. The molecule has 6 amide bonds. The number of aromatic nitrogens is 2. The summed E-state index contributed by atoms with van der Waals surface area (Å²) in [7, 11) is 1.69. The number of rotatable bonds is 18. The first kappa shape index (κ1) is 45.2. The quantitative estimate of drug-likeness (QED) is 0.137. The van der Waals surface area contributed by atoms with Gasteiger partial charge in [0, 0.05) is 70.1 Å². The van der Waals surface area contributed by atoms with Crippen molar-refractivity contribution in [3.8, 4) is 11.1 Å².